The van der Waals surface area contributed by atoms with Crippen molar-refractivity contribution in [3.8, 4) is 0 Å². The smallest absolute Gasteiger partial charge is 0.0460 e. The van der Waals surface area contributed by atoms with Crippen LogP contribution < -0.4 is 10.2 Å². The molecule has 0 amide bonds. The van der Waals surface area contributed by atoms with Crippen molar-refractivity contribution in [1.82, 2.24) is 4.90 Å². The molecule has 0 radical (unpaired) electrons. The molecule has 2 aliphatic heterocycles. The summed E-state index contributed by atoms with van der Waals surface area (Å²) < 4.78 is 0. The second kappa shape index (κ2) is 10.7. The van der Waals surface area contributed by atoms with Crippen LogP contribution in [0.3, 0.4) is 0 Å². The van der Waals surface area contributed by atoms with E-state index in [-0.39, 0.29) is 0 Å². The molecular weight excluding hydrogens is 390 g/mol. The van der Waals surface area contributed by atoms with Gasteiger partial charge in [-0.25, -0.2) is 0 Å². The zero-order chi connectivity index (χ0) is 22.3. The van der Waals surface area contributed by atoms with Gasteiger partial charge in [0.05, 0.1) is 0 Å². The van der Waals surface area contributed by atoms with Crippen molar-refractivity contribution in [2.45, 2.75) is 39.5 Å². The molecule has 1 N–H and O–H groups in total. The highest BCUT2D eigenvalue weighted by Crippen LogP contribution is 2.27. The van der Waals surface area contributed by atoms with E-state index in [2.05, 4.69) is 90.2 Å². The predicted molar refractivity (Wildman–Crippen MR) is 140 cm³/mol. The highest BCUT2D eigenvalue weighted by atomic mass is 15.3. The van der Waals surface area contributed by atoms with Crippen LogP contribution in [0.5, 0.6) is 0 Å². The number of nitrogens with zero attached hydrogens (tertiary/aromatic N) is 2. The summed E-state index contributed by atoms with van der Waals surface area (Å²) in [7, 11) is 0. The van der Waals surface area contributed by atoms with Gasteiger partial charge in [0.1, 0.15) is 0 Å². The lowest BCUT2D eigenvalue weighted by atomic mass is 10.0. The zero-order valence-corrected chi connectivity index (χ0v) is 19.7. The molecule has 1 fully saturated rings. The number of fused-ring (bicyclic) bond motifs is 1. The Morgan fingerprint density at radius 1 is 1.00 bits per heavy atom. The molecule has 2 heterocycles. The largest absolute Gasteiger partial charge is 0.368 e. The molecule has 2 aromatic carbocycles. The summed E-state index contributed by atoms with van der Waals surface area (Å²) in [6.45, 7) is 14.1. The molecule has 0 atom stereocenters. The molecule has 2 aromatic rings. The quantitative estimate of drug-likeness (QED) is 0.484. The van der Waals surface area contributed by atoms with Gasteiger partial charge in [0, 0.05) is 48.8 Å². The third-order valence-electron chi connectivity index (χ3n) is 6.66. The summed E-state index contributed by atoms with van der Waals surface area (Å²) in [6, 6.07) is 13.5. The molecule has 32 heavy (non-hydrogen) atoms. The van der Waals surface area contributed by atoms with Crippen LogP contribution in [0.1, 0.15) is 48.4 Å². The van der Waals surface area contributed by atoms with Gasteiger partial charge in [-0.2, -0.15) is 0 Å². The molecule has 0 bridgehead atoms. The van der Waals surface area contributed by atoms with Crippen LogP contribution in [0.25, 0.3) is 12.2 Å². The molecule has 0 spiro atoms. The molecule has 1 saturated heterocycles. The van der Waals surface area contributed by atoms with E-state index < -0.39 is 0 Å². The summed E-state index contributed by atoms with van der Waals surface area (Å²) in [4.78, 5) is 5.20. The normalized spacial score (nSPS) is 16.4. The molecule has 4 rings (SSSR count). The standard InChI is InChI=1S/C29H37N3/c1-4-9-27-23(2)10-8-12-29(27)32-20-18-31(19-21-32)17-7-5-6-11-25-14-16-26-15-13-24(3)30-28(26)22-25/h4,8-10,12-16,22,30H,3,5-7,11,17-21H2,1-2H3/b9-4-. The Morgan fingerprint density at radius 2 is 1.84 bits per heavy atom. The highest BCUT2D eigenvalue weighted by molar-refractivity contribution is 5.75. The van der Waals surface area contributed by atoms with Crippen molar-refractivity contribution in [2.75, 3.05) is 42.9 Å². The average Bonchev–Trinajstić information content (AvgIpc) is 2.80. The van der Waals surface area contributed by atoms with Gasteiger partial charge in [0.25, 0.3) is 0 Å². The first-order valence-electron chi connectivity index (χ1n) is 12.1. The fourth-order valence-corrected chi connectivity index (χ4v) is 4.80. The lowest BCUT2D eigenvalue weighted by Gasteiger charge is -2.37. The maximum Gasteiger partial charge on any atom is 0.0460 e. The van der Waals surface area contributed by atoms with E-state index in [1.54, 1.807) is 0 Å². The minimum atomic E-state index is 0.968. The Balaban J connectivity index is 1.18. The molecular formula is C29H37N3. The number of nitrogens with one attached hydrogen (secondary N) is 1. The van der Waals surface area contributed by atoms with Crippen LogP contribution >= 0.6 is 0 Å². The van der Waals surface area contributed by atoms with Crippen molar-refractivity contribution in [2.24, 2.45) is 0 Å². The van der Waals surface area contributed by atoms with E-state index in [0.717, 1.165) is 38.3 Å². The maximum atomic E-state index is 4.00. The molecule has 3 heteroatoms. The van der Waals surface area contributed by atoms with Gasteiger partial charge in [-0.1, -0.05) is 55.5 Å². The van der Waals surface area contributed by atoms with Crippen molar-refractivity contribution < 1.29 is 0 Å². The van der Waals surface area contributed by atoms with Crippen LogP contribution in [0.15, 0.2) is 60.8 Å². The van der Waals surface area contributed by atoms with Crippen LogP contribution in [-0.2, 0) is 6.42 Å². The van der Waals surface area contributed by atoms with Crippen molar-refractivity contribution in [3.05, 3.63) is 83.1 Å². The third kappa shape index (κ3) is 5.52. The first-order valence-corrected chi connectivity index (χ1v) is 12.1. The molecule has 2 aliphatic rings. The molecule has 0 saturated carbocycles. The first kappa shape index (κ1) is 22.4. The van der Waals surface area contributed by atoms with Crippen LogP contribution in [0.2, 0.25) is 0 Å². The highest BCUT2D eigenvalue weighted by Gasteiger charge is 2.18. The number of hydrogen-bond acceptors (Lipinski definition) is 3. The van der Waals surface area contributed by atoms with E-state index in [1.165, 1.54) is 59.4 Å². The van der Waals surface area contributed by atoms with Gasteiger partial charge in [-0.05, 0) is 74.6 Å². The van der Waals surface area contributed by atoms with Crippen LogP contribution in [-0.4, -0.2) is 37.6 Å². The number of piperazine rings is 1. The maximum absolute atomic E-state index is 4.00. The fourth-order valence-electron chi connectivity index (χ4n) is 4.80. The number of benzene rings is 2. The molecule has 0 unspecified atom stereocenters. The van der Waals surface area contributed by atoms with Gasteiger partial charge in [-0.3, -0.25) is 4.90 Å². The van der Waals surface area contributed by atoms with Gasteiger partial charge < -0.3 is 10.2 Å². The van der Waals surface area contributed by atoms with Crippen LogP contribution in [0.4, 0.5) is 11.4 Å². The second-order valence-electron chi connectivity index (χ2n) is 9.05. The van der Waals surface area contributed by atoms with Gasteiger partial charge in [0.2, 0.25) is 0 Å². The fraction of sp³-hybridized carbons (Fsp3) is 0.379. The topological polar surface area (TPSA) is 18.5 Å². The number of aryl methyl sites for hydroxylation is 2. The monoisotopic (exact) mass is 427 g/mol. The predicted octanol–water partition coefficient (Wildman–Crippen LogP) is 6.52. The van der Waals surface area contributed by atoms with E-state index in [1.807, 2.05) is 6.08 Å². The minimum absolute atomic E-state index is 0.968. The van der Waals surface area contributed by atoms with Crippen molar-refractivity contribution in [1.29, 1.82) is 0 Å². The Morgan fingerprint density at radius 3 is 2.66 bits per heavy atom. The minimum Gasteiger partial charge on any atom is -0.368 e. The number of allylic oxidation sites excluding steroid dienone is 2. The van der Waals surface area contributed by atoms with Gasteiger partial charge in [-0.15, -0.1) is 0 Å². The first-order chi connectivity index (χ1) is 15.6. The summed E-state index contributed by atoms with van der Waals surface area (Å²) in [5.41, 5.74) is 8.96. The summed E-state index contributed by atoms with van der Waals surface area (Å²) in [5.74, 6) is 0. The number of anilines is 2. The summed E-state index contributed by atoms with van der Waals surface area (Å²) in [5, 5.41) is 3.38. The van der Waals surface area contributed by atoms with E-state index in [4.69, 9.17) is 0 Å². The Bertz CT molecular complexity index is 993. The third-order valence-corrected chi connectivity index (χ3v) is 6.66. The molecule has 0 aliphatic carbocycles. The Hall–Kier alpha value is -2.78. The zero-order valence-electron chi connectivity index (χ0n) is 19.7. The van der Waals surface area contributed by atoms with Gasteiger partial charge >= 0.3 is 0 Å². The van der Waals surface area contributed by atoms with E-state index in [9.17, 15) is 0 Å². The number of rotatable bonds is 8. The lowest BCUT2D eigenvalue weighted by Crippen LogP contribution is -2.46. The van der Waals surface area contributed by atoms with Crippen molar-refractivity contribution in [3.63, 3.8) is 0 Å². The summed E-state index contributed by atoms with van der Waals surface area (Å²) in [6.07, 6.45) is 13.6. The van der Waals surface area contributed by atoms with E-state index >= 15 is 0 Å². The average molecular weight is 428 g/mol. The molecule has 3 nitrogen and oxygen atoms in total. The Kier molecular flexibility index (Phi) is 7.49. The van der Waals surface area contributed by atoms with Crippen LogP contribution in [0, 0.1) is 6.92 Å². The van der Waals surface area contributed by atoms with Crippen molar-refractivity contribution >= 4 is 23.5 Å². The second-order valence-corrected chi connectivity index (χ2v) is 9.05. The van der Waals surface area contributed by atoms with E-state index in [0.29, 0.717) is 0 Å². The van der Waals surface area contributed by atoms with Gasteiger partial charge in [0.15, 0.2) is 0 Å². The molecule has 0 aromatic heterocycles. The lowest BCUT2D eigenvalue weighted by molar-refractivity contribution is 0.252. The molecule has 168 valence electrons. The Labute approximate surface area is 194 Å². The number of hydrogen-bond donors (Lipinski definition) is 1. The SMILES string of the molecule is C=C1C=Cc2ccc(CCCCCN3CCN(c4cccc(C)c4/C=C\C)CC3)cc2N1. The summed E-state index contributed by atoms with van der Waals surface area (Å²) >= 11 is 0. The number of unbranched alkanes of at least 4 members (excludes halogenated alkanes) is 2.